The summed E-state index contributed by atoms with van der Waals surface area (Å²) in [5.74, 6) is -1.70. The highest BCUT2D eigenvalue weighted by atomic mass is 16.7. The van der Waals surface area contributed by atoms with Crippen LogP contribution in [0.5, 0.6) is 11.5 Å². The molecule has 0 aromatic heterocycles. The van der Waals surface area contributed by atoms with Gasteiger partial charge in [0, 0.05) is 55.4 Å². The standard InChI is InChI=1S/C48H55N3O9/c1-3-23-50(47(55)36-18-17-33-11-5-6-12-34(33)27-36)44-30-42(49-59-31-32-15-19-37(20-16-32)51(56)57)40-28-35(13-7-9-24-52)39(14-8-10-25-53)45-41-29-38(54)21-22-43(41)60-48(44,46(40)45)58-26-4-2/h4-6,11-12,15-22,27-29,35,39,44-46,52-54H,2-3,7-10,13-14,23-26,30-31H2,1H3/t35-,39+,44-,45+,46+,48+/m0/s1. The maximum Gasteiger partial charge on any atom is 0.269 e. The number of benzene rings is 4. The normalized spacial score (nSPS) is 23.6. The van der Waals surface area contributed by atoms with Crippen LogP contribution in [0.25, 0.3) is 10.8 Å². The molecule has 12 nitrogen and oxygen atoms in total. The van der Waals surface area contributed by atoms with Crippen LogP contribution in [0.2, 0.25) is 0 Å². The number of carbonyl (C=O) groups excluding carboxylic acids is 1. The van der Waals surface area contributed by atoms with E-state index in [1.54, 1.807) is 36.4 Å². The van der Waals surface area contributed by atoms with E-state index in [2.05, 4.69) is 12.7 Å². The van der Waals surface area contributed by atoms with Gasteiger partial charge in [-0.15, -0.1) is 6.58 Å². The largest absolute Gasteiger partial charge is 0.508 e. The average Bonchev–Trinajstić information content (AvgIpc) is 3.26. The molecule has 1 aliphatic heterocycles. The van der Waals surface area contributed by atoms with Crippen molar-refractivity contribution in [3.63, 3.8) is 0 Å². The number of aliphatic hydroxyl groups excluding tert-OH is 2. The number of allylic oxidation sites excluding steroid dienone is 1. The first-order chi connectivity index (χ1) is 29.2. The smallest absolute Gasteiger partial charge is 0.269 e. The Bertz CT molecular complexity index is 2220. The van der Waals surface area contributed by atoms with Crippen molar-refractivity contribution in [1.29, 1.82) is 0 Å². The van der Waals surface area contributed by atoms with Gasteiger partial charge in [-0.2, -0.15) is 0 Å². The number of aromatic hydroxyl groups is 1. The fourth-order valence-electron chi connectivity index (χ4n) is 9.68. The first-order valence-electron chi connectivity index (χ1n) is 21.1. The number of ether oxygens (including phenoxy) is 2. The van der Waals surface area contributed by atoms with Crippen LogP contribution in [0, 0.1) is 27.9 Å². The van der Waals surface area contributed by atoms with E-state index in [-0.39, 0.29) is 67.9 Å². The van der Waals surface area contributed by atoms with Crippen molar-refractivity contribution in [1.82, 2.24) is 4.90 Å². The van der Waals surface area contributed by atoms with E-state index in [9.17, 15) is 25.4 Å². The number of nitro benzene ring substituents is 1. The van der Waals surface area contributed by atoms with Crippen LogP contribution in [0.3, 0.4) is 0 Å². The maximum atomic E-state index is 15.1. The molecule has 3 N–H and O–H groups in total. The summed E-state index contributed by atoms with van der Waals surface area (Å²) in [4.78, 5) is 34.0. The number of nitro groups is 1. The van der Waals surface area contributed by atoms with Crippen LogP contribution in [-0.4, -0.2) is 75.0 Å². The molecule has 12 heteroatoms. The SMILES string of the molecule is C=CCO[C@@]12Oc3ccc(O)cc3[C@H]3[C@H](CCCCO)[C@@H](CCCCO)C=C(C(=NOCc4ccc([N+](=O)[O-])cc4)C[C@@H]1N(CCC)C(=O)c1ccc4ccccc4c1)[C@H]32. The van der Waals surface area contributed by atoms with Crippen molar-refractivity contribution in [3.8, 4) is 11.5 Å². The van der Waals surface area contributed by atoms with Crippen LogP contribution in [0.15, 0.2) is 114 Å². The van der Waals surface area contributed by atoms with Crippen molar-refractivity contribution in [2.45, 2.75) is 82.6 Å². The fourth-order valence-corrected chi connectivity index (χ4v) is 9.68. The lowest BCUT2D eigenvalue weighted by Crippen LogP contribution is -2.70. The predicted octanol–water partition coefficient (Wildman–Crippen LogP) is 8.84. The number of amides is 1. The number of hydrogen-bond donors (Lipinski definition) is 3. The maximum absolute atomic E-state index is 15.1. The number of phenolic OH excluding ortho intramolecular Hbond substituents is 1. The number of unbranched alkanes of at least 4 members (excludes halogenated alkanes) is 2. The lowest BCUT2D eigenvalue weighted by molar-refractivity contribution is -0.384. The Hall–Kier alpha value is -5.56. The van der Waals surface area contributed by atoms with Gasteiger partial charge in [-0.3, -0.25) is 14.9 Å². The van der Waals surface area contributed by atoms with E-state index in [0.29, 0.717) is 48.4 Å². The van der Waals surface area contributed by atoms with Crippen LogP contribution in [0.1, 0.15) is 85.7 Å². The molecule has 0 unspecified atom stereocenters. The van der Waals surface area contributed by atoms with E-state index in [4.69, 9.17) is 19.5 Å². The second-order valence-electron chi connectivity index (χ2n) is 16.1. The van der Waals surface area contributed by atoms with E-state index in [1.165, 1.54) is 12.1 Å². The number of rotatable bonds is 19. The highest BCUT2D eigenvalue weighted by Gasteiger charge is 2.65. The third-order valence-corrected chi connectivity index (χ3v) is 12.3. The number of phenols is 1. The Labute approximate surface area is 350 Å². The zero-order valence-corrected chi connectivity index (χ0v) is 34.2. The van der Waals surface area contributed by atoms with Gasteiger partial charge >= 0.3 is 0 Å². The topological polar surface area (TPSA) is 164 Å². The zero-order valence-electron chi connectivity index (χ0n) is 34.2. The number of hydrogen-bond acceptors (Lipinski definition) is 10. The molecule has 4 aromatic carbocycles. The minimum atomic E-state index is -1.43. The molecule has 2 aliphatic carbocycles. The molecule has 60 heavy (non-hydrogen) atoms. The molecule has 7 rings (SSSR count). The Morgan fingerprint density at radius 2 is 1.75 bits per heavy atom. The number of non-ortho nitro benzene ring substituents is 1. The summed E-state index contributed by atoms with van der Waals surface area (Å²) in [6.07, 6.45) is 9.21. The summed E-state index contributed by atoms with van der Waals surface area (Å²) in [6, 6.07) is 24.3. The summed E-state index contributed by atoms with van der Waals surface area (Å²) in [6.45, 7) is 6.76. The van der Waals surface area contributed by atoms with E-state index >= 15 is 4.79 Å². The van der Waals surface area contributed by atoms with Gasteiger partial charge in [0.15, 0.2) is 0 Å². The number of aliphatic hydroxyl groups is 2. The van der Waals surface area contributed by atoms with E-state index < -0.39 is 22.7 Å². The van der Waals surface area contributed by atoms with Crippen molar-refractivity contribution in [2.24, 2.45) is 22.9 Å². The predicted molar refractivity (Wildman–Crippen MR) is 230 cm³/mol. The van der Waals surface area contributed by atoms with Gasteiger partial charge in [0.2, 0.25) is 5.79 Å². The molecule has 316 valence electrons. The molecule has 1 amide bonds. The third-order valence-electron chi connectivity index (χ3n) is 12.3. The molecular weight excluding hydrogens is 763 g/mol. The van der Waals surface area contributed by atoms with Crippen molar-refractivity contribution in [3.05, 3.63) is 136 Å². The molecule has 1 saturated carbocycles. The van der Waals surface area contributed by atoms with Crippen molar-refractivity contribution >= 4 is 28.1 Å². The van der Waals surface area contributed by atoms with E-state index in [0.717, 1.165) is 47.6 Å². The summed E-state index contributed by atoms with van der Waals surface area (Å²) in [7, 11) is 0. The Morgan fingerprint density at radius 1 is 1.00 bits per heavy atom. The third kappa shape index (κ3) is 8.68. The first kappa shape index (κ1) is 42.6. The molecule has 4 aromatic rings. The Morgan fingerprint density at radius 3 is 2.47 bits per heavy atom. The molecule has 0 spiro atoms. The minimum absolute atomic E-state index is 0.0111. The molecule has 3 aliphatic rings. The molecule has 0 bridgehead atoms. The van der Waals surface area contributed by atoms with Crippen LogP contribution in [0.4, 0.5) is 5.69 Å². The Balaban J connectivity index is 1.42. The van der Waals surface area contributed by atoms with Crippen molar-refractivity contribution < 1.29 is 39.3 Å². The first-order valence-corrected chi connectivity index (χ1v) is 21.1. The molecule has 0 saturated heterocycles. The number of fused-ring (bicyclic) bond motifs is 3. The van der Waals surface area contributed by atoms with Gasteiger partial charge in [-0.25, -0.2) is 0 Å². The monoisotopic (exact) mass is 817 g/mol. The van der Waals surface area contributed by atoms with Gasteiger partial charge in [0.1, 0.15) is 24.1 Å². The molecule has 6 atom stereocenters. The van der Waals surface area contributed by atoms with Gasteiger partial charge in [0.25, 0.3) is 11.6 Å². The minimum Gasteiger partial charge on any atom is -0.508 e. The molecule has 0 radical (unpaired) electrons. The van der Waals surface area contributed by atoms with Gasteiger partial charge in [0.05, 0.1) is 23.2 Å². The summed E-state index contributed by atoms with van der Waals surface area (Å²) < 4.78 is 14.3. The lowest BCUT2D eigenvalue weighted by atomic mass is 9.55. The van der Waals surface area contributed by atoms with Crippen LogP contribution in [-0.2, 0) is 16.2 Å². The average molecular weight is 818 g/mol. The van der Waals surface area contributed by atoms with Crippen LogP contribution < -0.4 is 4.74 Å². The quantitative estimate of drug-likeness (QED) is 0.0363. The zero-order chi connectivity index (χ0) is 42.2. The lowest BCUT2D eigenvalue weighted by Gasteiger charge is -2.60. The second kappa shape index (κ2) is 19.2. The second-order valence-corrected chi connectivity index (χ2v) is 16.1. The van der Waals surface area contributed by atoms with Gasteiger partial charge in [-0.1, -0.05) is 67.4 Å². The van der Waals surface area contributed by atoms with Gasteiger partial charge in [-0.05, 0) is 108 Å². The molecule has 1 fully saturated rings. The van der Waals surface area contributed by atoms with Gasteiger partial charge < -0.3 is 34.5 Å². The van der Waals surface area contributed by atoms with E-state index in [1.807, 2.05) is 54.3 Å². The summed E-state index contributed by atoms with van der Waals surface area (Å²) in [5.41, 5.74) is 3.55. The molecular formula is C48H55N3O9. The van der Waals surface area contributed by atoms with Crippen molar-refractivity contribution in [2.75, 3.05) is 26.4 Å². The fraction of sp³-hybridized carbons (Fsp3) is 0.417. The highest BCUT2D eigenvalue weighted by Crippen LogP contribution is 2.62. The molecule has 1 heterocycles. The summed E-state index contributed by atoms with van der Waals surface area (Å²) in [5, 5.41) is 48.9. The highest BCUT2D eigenvalue weighted by molar-refractivity contribution is 6.04. The Kier molecular flexibility index (Phi) is 13.6. The number of oxime groups is 1. The summed E-state index contributed by atoms with van der Waals surface area (Å²) >= 11 is 0. The number of carbonyl (C=O) groups is 1. The van der Waals surface area contributed by atoms with Crippen LogP contribution >= 0.6 is 0 Å². The number of nitrogens with zero attached hydrogens (tertiary/aromatic N) is 3.